The summed E-state index contributed by atoms with van der Waals surface area (Å²) in [4.78, 5) is 20.7. The molecule has 0 N–H and O–H groups in total. The number of carbonyl (C=O) groups is 1. The van der Waals surface area contributed by atoms with Gasteiger partial charge >= 0.3 is 0 Å². The molecule has 0 aliphatic heterocycles. The molecule has 0 unspecified atom stereocenters. The van der Waals surface area contributed by atoms with Crippen LogP contribution < -0.4 is 4.74 Å². The van der Waals surface area contributed by atoms with E-state index in [1.165, 1.54) is 19.3 Å². The first-order chi connectivity index (χ1) is 17.2. The average Bonchev–Trinajstić information content (AvgIpc) is 3.25. The zero-order chi connectivity index (χ0) is 24.0. The van der Waals surface area contributed by atoms with Crippen molar-refractivity contribution < 1.29 is 9.53 Å². The number of carbonyl (C=O) groups excluding carboxylic acids is 1. The Kier molecular flexibility index (Phi) is 7.34. The number of halogens is 1. The minimum atomic E-state index is 0.114. The molecular formula is C29H30ClN3O2. The second-order valence-electron chi connectivity index (χ2n) is 9.12. The number of amides is 1. The minimum absolute atomic E-state index is 0.114. The van der Waals surface area contributed by atoms with Crippen molar-refractivity contribution in [2.45, 2.75) is 57.8 Å². The van der Waals surface area contributed by atoms with Crippen molar-refractivity contribution in [1.29, 1.82) is 0 Å². The van der Waals surface area contributed by atoms with Gasteiger partial charge in [-0.2, -0.15) is 0 Å². The number of rotatable bonds is 8. The van der Waals surface area contributed by atoms with E-state index in [-0.39, 0.29) is 25.1 Å². The normalized spacial score (nSPS) is 14.2. The third-order valence-corrected chi connectivity index (χ3v) is 7.06. The van der Waals surface area contributed by atoms with Crippen LogP contribution >= 0.6 is 11.6 Å². The van der Waals surface area contributed by atoms with Crippen molar-refractivity contribution in [2.75, 3.05) is 0 Å². The van der Waals surface area contributed by atoms with E-state index in [0.717, 1.165) is 29.4 Å². The molecule has 1 aromatic heterocycles. The highest BCUT2D eigenvalue weighted by atomic mass is 35.5. The topological polar surface area (TPSA) is 47.4 Å². The number of hydrogen-bond acceptors (Lipinski definition) is 3. The Balaban J connectivity index is 1.42. The fourth-order valence-corrected chi connectivity index (χ4v) is 5.13. The van der Waals surface area contributed by atoms with Gasteiger partial charge in [0.15, 0.2) is 0 Å². The monoisotopic (exact) mass is 487 g/mol. The SMILES string of the molecule is O=C(Cn1c(COc2ccccc2Cl)nc2ccccc21)N(Cc1ccccc1)C1CCCCC1. The predicted octanol–water partition coefficient (Wildman–Crippen LogP) is 6.63. The summed E-state index contributed by atoms with van der Waals surface area (Å²) in [5.41, 5.74) is 2.94. The Morgan fingerprint density at radius 3 is 2.46 bits per heavy atom. The van der Waals surface area contributed by atoms with Crippen LogP contribution in [0.2, 0.25) is 5.02 Å². The van der Waals surface area contributed by atoms with Gasteiger partial charge in [-0.3, -0.25) is 4.79 Å². The molecule has 0 bridgehead atoms. The quantitative estimate of drug-likeness (QED) is 0.280. The Hall–Kier alpha value is -3.31. The molecule has 0 atom stereocenters. The summed E-state index contributed by atoms with van der Waals surface area (Å²) in [5, 5.41) is 0.553. The van der Waals surface area contributed by atoms with Crippen LogP contribution in [-0.4, -0.2) is 26.4 Å². The summed E-state index contributed by atoms with van der Waals surface area (Å²) in [6.07, 6.45) is 5.72. The predicted molar refractivity (Wildman–Crippen MR) is 139 cm³/mol. The summed E-state index contributed by atoms with van der Waals surface area (Å²) < 4.78 is 8.00. The highest BCUT2D eigenvalue weighted by Gasteiger charge is 2.27. The van der Waals surface area contributed by atoms with Crippen LogP contribution in [0.25, 0.3) is 11.0 Å². The molecule has 35 heavy (non-hydrogen) atoms. The van der Waals surface area contributed by atoms with Crippen molar-refractivity contribution >= 4 is 28.5 Å². The molecule has 0 saturated heterocycles. The zero-order valence-electron chi connectivity index (χ0n) is 19.8. The molecule has 180 valence electrons. The van der Waals surface area contributed by atoms with Gasteiger partial charge in [-0.05, 0) is 42.7 Å². The van der Waals surface area contributed by atoms with Gasteiger partial charge in [-0.15, -0.1) is 0 Å². The number of hydrogen-bond donors (Lipinski definition) is 0. The molecule has 1 aliphatic rings. The van der Waals surface area contributed by atoms with Crippen LogP contribution in [0, 0.1) is 0 Å². The van der Waals surface area contributed by atoms with Gasteiger partial charge in [0.1, 0.15) is 24.7 Å². The number of para-hydroxylation sites is 3. The Bertz CT molecular complexity index is 1280. The van der Waals surface area contributed by atoms with Gasteiger partial charge in [-0.25, -0.2) is 4.98 Å². The molecule has 4 aromatic rings. The fourth-order valence-electron chi connectivity index (χ4n) is 4.94. The van der Waals surface area contributed by atoms with Crippen molar-refractivity contribution in [3.05, 3.63) is 95.3 Å². The largest absolute Gasteiger partial charge is 0.484 e. The molecule has 6 heteroatoms. The Morgan fingerprint density at radius 1 is 0.943 bits per heavy atom. The van der Waals surface area contributed by atoms with E-state index in [0.29, 0.717) is 23.1 Å². The molecule has 1 fully saturated rings. The first-order valence-electron chi connectivity index (χ1n) is 12.3. The maximum Gasteiger partial charge on any atom is 0.243 e. The molecule has 5 rings (SSSR count). The number of imidazole rings is 1. The number of aromatic nitrogens is 2. The fraction of sp³-hybridized carbons (Fsp3) is 0.310. The van der Waals surface area contributed by atoms with Crippen molar-refractivity contribution in [1.82, 2.24) is 14.5 Å². The summed E-state index contributed by atoms with van der Waals surface area (Å²) in [5.74, 6) is 1.43. The molecule has 5 nitrogen and oxygen atoms in total. The van der Waals surface area contributed by atoms with E-state index in [9.17, 15) is 4.79 Å². The van der Waals surface area contributed by atoms with Gasteiger partial charge in [-0.1, -0.05) is 85.5 Å². The van der Waals surface area contributed by atoms with E-state index in [4.69, 9.17) is 21.3 Å². The summed E-state index contributed by atoms with van der Waals surface area (Å²) in [6.45, 7) is 1.08. The van der Waals surface area contributed by atoms with Crippen LogP contribution in [0.15, 0.2) is 78.9 Å². The van der Waals surface area contributed by atoms with Crippen molar-refractivity contribution in [3.63, 3.8) is 0 Å². The molecule has 3 aromatic carbocycles. The molecule has 1 aliphatic carbocycles. The van der Waals surface area contributed by atoms with Crippen LogP contribution in [0.4, 0.5) is 0 Å². The first kappa shape index (κ1) is 23.4. The lowest BCUT2D eigenvalue weighted by molar-refractivity contribution is -0.135. The summed E-state index contributed by atoms with van der Waals surface area (Å²) in [6, 6.07) is 25.9. The third-order valence-electron chi connectivity index (χ3n) is 6.75. The molecule has 1 heterocycles. The van der Waals surface area contributed by atoms with Crippen molar-refractivity contribution in [2.24, 2.45) is 0 Å². The zero-order valence-corrected chi connectivity index (χ0v) is 20.5. The number of nitrogens with zero attached hydrogens (tertiary/aromatic N) is 3. The van der Waals surface area contributed by atoms with Crippen LogP contribution in [-0.2, 0) is 24.5 Å². The highest BCUT2D eigenvalue weighted by molar-refractivity contribution is 6.32. The number of ether oxygens (including phenoxy) is 1. The maximum atomic E-state index is 13.9. The molecule has 1 saturated carbocycles. The number of fused-ring (bicyclic) bond motifs is 1. The first-order valence-corrected chi connectivity index (χ1v) is 12.7. The van der Waals surface area contributed by atoms with E-state index >= 15 is 0 Å². The second kappa shape index (κ2) is 11.0. The van der Waals surface area contributed by atoms with Crippen LogP contribution in [0.3, 0.4) is 0 Å². The molecule has 0 radical (unpaired) electrons. The standard InChI is InChI=1S/C29H30ClN3O2/c30-24-15-7-10-18-27(24)35-21-28-31-25-16-8-9-17-26(25)33(28)20-29(34)32(23-13-5-2-6-14-23)19-22-11-3-1-4-12-22/h1,3-4,7-12,15-18,23H,2,5-6,13-14,19-21H2. The van der Waals surface area contributed by atoms with Crippen LogP contribution in [0.1, 0.15) is 43.5 Å². The minimum Gasteiger partial charge on any atom is -0.484 e. The average molecular weight is 488 g/mol. The second-order valence-corrected chi connectivity index (χ2v) is 9.53. The lowest BCUT2D eigenvalue weighted by Gasteiger charge is -2.35. The molecular weight excluding hydrogens is 458 g/mol. The van der Waals surface area contributed by atoms with Gasteiger partial charge in [0.05, 0.1) is 16.1 Å². The van der Waals surface area contributed by atoms with Gasteiger partial charge in [0.2, 0.25) is 5.91 Å². The third kappa shape index (κ3) is 5.51. The maximum absolute atomic E-state index is 13.9. The van der Waals surface area contributed by atoms with Crippen LogP contribution in [0.5, 0.6) is 5.75 Å². The van der Waals surface area contributed by atoms with E-state index in [2.05, 4.69) is 17.0 Å². The highest BCUT2D eigenvalue weighted by Crippen LogP contribution is 2.27. The molecule has 0 spiro atoms. The van der Waals surface area contributed by atoms with E-state index < -0.39 is 0 Å². The van der Waals surface area contributed by atoms with Gasteiger partial charge in [0.25, 0.3) is 0 Å². The number of benzene rings is 3. The summed E-state index contributed by atoms with van der Waals surface area (Å²) in [7, 11) is 0. The molecule has 1 amide bonds. The van der Waals surface area contributed by atoms with Gasteiger partial charge < -0.3 is 14.2 Å². The Labute approximate surface area is 211 Å². The van der Waals surface area contributed by atoms with E-state index in [1.54, 1.807) is 6.07 Å². The van der Waals surface area contributed by atoms with E-state index in [1.807, 2.05) is 65.2 Å². The lowest BCUT2D eigenvalue weighted by Crippen LogP contribution is -2.42. The lowest BCUT2D eigenvalue weighted by atomic mass is 9.93. The van der Waals surface area contributed by atoms with Gasteiger partial charge in [0, 0.05) is 12.6 Å². The summed E-state index contributed by atoms with van der Waals surface area (Å²) >= 11 is 6.28. The van der Waals surface area contributed by atoms with Crippen molar-refractivity contribution in [3.8, 4) is 5.75 Å². The smallest absolute Gasteiger partial charge is 0.243 e. The Morgan fingerprint density at radius 2 is 1.66 bits per heavy atom.